The second-order valence-corrected chi connectivity index (χ2v) is 12.8. The Kier molecular flexibility index (Phi) is 6.56. The van der Waals surface area contributed by atoms with Crippen LogP contribution in [0.25, 0.3) is 0 Å². The molecule has 0 aliphatic carbocycles. The molecule has 2 aromatic rings. The normalized spacial score (nSPS) is 21.4. The molecule has 0 aromatic heterocycles. The minimum Gasteiger partial charge on any atom is -0.402 e. The van der Waals surface area contributed by atoms with Crippen molar-refractivity contribution in [2.24, 2.45) is 0 Å². The maximum absolute atomic E-state index is 10.6. The fourth-order valence-electron chi connectivity index (χ4n) is 4.30. The van der Waals surface area contributed by atoms with Crippen LogP contribution in [0, 0.1) is 0 Å². The second-order valence-electron chi connectivity index (χ2n) is 8.54. The molecule has 3 rings (SSSR count). The van der Waals surface area contributed by atoms with E-state index in [0.717, 1.165) is 6.42 Å². The highest BCUT2D eigenvalue weighted by molar-refractivity contribution is 6.99. The third-order valence-corrected chi connectivity index (χ3v) is 10.7. The zero-order chi connectivity index (χ0) is 20.2. The molecule has 1 N–H and O–H groups in total. The monoisotopic (exact) mass is 396 g/mol. The summed E-state index contributed by atoms with van der Waals surface area (Å²) in [4.78, 5) is 0. The van der Waals surface area contributed by atoms with Crippen LogP contribution in [0.15, 0.2) is 73.3 Å². The van der Waals surface area contributed by atoms with Crippen molar-refractivity contribution in [2.45, 2.75) is 57.0 Å². The Balaban J connectivity index is 2.10. The minimum atomic E-state index is -2.64. The number of aliphatic hydroxyl groups excluding tert-OH is 1. The molecule has 3 nitrogen and oxygen atoms in total. The Labute approximate surface area is 170 Å². The van der Waals surface area contributed by atoms with Crippen molar-refractivity contribution >= 4 is 18.7 Å². The van der Waals surface area contributed by atoms with Gasteiger partial charge in [-0.3, -0.25) is 0 Å². The van der Waals surface area contributed by atoms with Gasteiger partial charge >= 0.3 is 0 Å². The van der Waals surface area contributed by atoms with Gasteiger partial charge in [-0.1, -0.05) is 87.5 Å². The fraction of sp³-hybridized carbons (Fsp3) is 0.417. The van der Waals surface area contributed by atoms with Gasteiger partial charge in [-0.25, -0.2) is 0 Å². The molecule has 1 fully saturated rings. The molecule has 0 radical (unpaired) electrons. The number of rotatable bonds is 7. The van der Waals surface area contributed by atoms with Crippen LogP contribution in [0.3, 0.4) is 0 Å². The van der Waals surface area contributed by atoms with E-state index < -0.39 is 14.4 Å². The van der Waals surface area contributed by atoms with Crippen LogP contribution in [-0.2, 0) is 9.16 Å². The topological polar surface area (TPSA) is 38.7 Å². The molecule has 0 spiro atoms. The molecule has 1 aliphatic rings. The lowest BCUT2D eigenvalue weighted by Crippen LogP contribution is -2.68. The third kappa shape index (κ3) is 4.01. The number of ether oxygens (including phenoxy) is 1. The van der Waals surface area contributed by atoms with Gasteiger partial charge in [0, 0.05) is 6.61 Å². The molecule has 0 bridgehead atoms. The standard InChI is InChI=1S/C24H32O3Si/c1-5-12-21(25)23-22(17-18-26-23)27-28(24(2,3)4,19-13-8-6-9-14-19)20-15-10-7-11-16-20/h5-11,13-16,21-23,25H,1,12,17-18H2,2-4H3/t21-,22+,23-/m1/s1. The van der Waals surface area contributed by atoms with Crippen molar-refractivity contribution < 1.29 is 14.3 Å². The average Bonchev–Trinajstić information content (AvgIpc) is 3.15. The van der Waals surface area contributed by atoms with Crippen molar-refractivity contribution in [1.29, 1.82) is 0 Å². The summed E-state index contributed by atoms with van der Waals surface area (Å²) in [5.41, 5.74) is 0. The molecule has 1 aliphatic heterocycles. The van der Waals surface area contributed by atoms with Crippen LogP contribution in [0.1, 0.15) is 33.6 Å². The molecule has 4 heteroatoms. The van der Waals surface area contributed by atoms with Gasteiger partial charge < -0.3 is 14.3 Å². The lowest BCUT2D eigenvalue weighted by atomic mass is 10.1. The summed E-state index contributed by atoms with van der Waals surface area (Å²) in [5.74, 6) is 0. The van der Waals surface area contributed by atoms with Crippen LogP contribution < -0.4 is 10.4 Å². The first-order chi connectivity index (χ1) is 13.4. The fourth-order valence-corrected chi connectivity index (χ4v) is 9.02. The van der Waals surface area contributed by atoms with Crippen molar-refractivity contribution in [2.75, 3.05) is 6.61 Å². The van der Waals surface area contributed by atoms with Crippen molar-refractivity contribution in [3.63, 3.8) is 0 Å². The Bertz CT molecular complexity index is 715. The molecule has 28 heavy (non-hydrogen) atoms. The molecule has 1 saturated heterocycles. The average molecular weight is 397 g/mol. The number of aliphatic hydroxyl groups is 1. The SMILES string of the molecule is C=CC[C@@H](O)[C@H]1OCC[C@@H]1O[Si](c1ccccc1)(c1ccccc1)C(C)(C)C. The smallest absolute Gasteiger partial charge is 0.261 e. The van der Waals surface area contributed by atoms with E-state index in [4.69, 9.17) is 9.16 Å². The summed E-state index contributed by atoms with van der Waals surface area (Å²) in [7, 11) is -2.64. The molecule has 0 saturated carbocycles. The molecule has 2 aromatic carbocycles. The molecular formula is C24H32O3Si. The summed E-state index contributed by atoms with van der Waals surface area (Å²) in [6.45, 7) is 11.2. The van der Waals surface area contributed by atoms with E-state index in [0.29, 0.717) is 13.0 Å². The van der Waals surface area contributed by atoms with E-state index in [1.165, 1.54) is 10.4 Å². The predicted octanol–water partition coefficient (Wildman–Crippen LogP) is 3.66. The zero-order valence-electron chi connectivity index (χ0n) is 17.2. The summed E-state index contributed by atoms with van der Waals surface area (Å²) in [5, 5.41) is 13.0. The first kappa shape index (κ1) is 21.0. The van der Waals surface area contributed by atoms with Crippen molar-refractivity contribution in [1.82, 2.24) is 0 Å². The van der Waals surface area contributed by atoms with Crippen LogP contribution in [-0.4, -0.2) is 38.3 Å². The van der Waals surface area contributed by atoms with Crippen LogP contribution in [0.2, 0.25) is 5.04 Å². The maximum atomic E-state index is 10.6. The zero-order valence-corrected chi connectivity index (χ0v) is 18.2. The van der Waals surface area contributed by atoms with Crippen LogP contribution >= 0.6 is 0 Å². The first-order valence-corrected chi connectivity index (χ1v) is 12.0. The lowest BCUT2D eigenvalue weighted by Gasteiger charge is -2.45. The van der Waals surface area contributed by atoms with E-state index in [-0.39, 0.29) is 17.2 Å². The first-order valence-electron chi connectivity index (χ1n) is 10.1. The lowest BCUT2D eigenvalue weighted by molar-refractivity contribution is -0.0390. The Morgan fingerprint density at radius 3 is 2.11 bits per heavy atom. The Hall–Kier alpha value is -1.72. The predicted molar refractivity (Wildman–Crippen MR) is 118 cm³/mol. The van der Waals surface area contributed by atoms with Crippen molar-refractivity contribution in [3.8, 4) is 0 Å². The number of benzene rings is 2. The summed E-state index contributed by atoms with van der Waals surface area (Å²) in [6, 6.07) is 21.2. The summed E-state index contributed by atoms with van der Waals surface area (Å²) >= 11 is 0. The number of hydrogen-bond acceptors (Lipinski definition) is 3. The molecule has 150 valence electrons. The van der Waals surface area contributed by atoms with Gasteiger partial charge in [-0.05, 0) is 28.3 Å². The highest BCUT2D eigenvalue weighted by Gasteiger charge is 2.53. The molecule has 0 amide bonds. The van der Waals surface area contributed by atoms with Gasteiger partial charge in [-0.2, -0.15) is 0 Å². The second kappa shape index (κ2) is 8.74. The van der Waals surface area contributed by atoms with E-state index in [1.54, 1.807) is 6.08 Å². The quantitative estimate of drug-likeness (QED) is 0.573. The molecule has 3 atom stereocenters. The van der Waals surface area contributed by atoms with Gasteiger partial charge in [0.2, 0.25) is 0 Å². The minimum absolute atomic E-state index is 0.0910. The van der Waals surface area contributed by atoms with Gasteiger partial charge in [-0.15, -0.1) is 6.58 Å². The molecule has 1 heterocycles. The van der Waals surface area contributed by atoms with E-state index in [1.807, 2.05) is 12.1 Å². The third-order valence-electron chi connectivity index (χ3n) is 5.61. The van der Waals surface area contributed by atoms with Crippen LogP contribution in [0.5, 0.6) is 0 Å². The van der Waals surface area contributed by atoms with Gasteiger partial charge in [0.15, 0.2) is 0 Å². The Morgan fingerprint density at radius 2 is 1.64 bits per heavy atom. The van der Waals surface area contributed by atoms with E-state index in [2.05, 4.69) is 75.9 Å². The van der Waals surface area contributed by atoms with E-state index in [9.17, 15) is 5.11 Å². The summed E-state index contributed by atoms with van der Waals surface area (Å²) < 4.78 is 13.0. The summed E-state index contributed by atoms with van der Waals surface area (Å²) in [6.07, 6.45) is 1.99. The highest BCUT2D eigenvalue weighted by atomic mass is 28.4. The molecular weight excluding hydrogens is 364 g/mol. The number of hydrogen-bond donors (Lipinski definition) is 1. The van der Waals surface area contributed by atoms with Gasteiger partial charge in [0.1, 0.15) is 6.10 Å². The largest absolute Gasteiger partial charge is 0.402 e. The van der Waals surface area contributed by atoms with Gasteiger partial charge in [0.05, 0.1) is 12.2 Å². The van der Waals surface area contributed by atoms with E-state index >= 15 is 0 Å². The maximum Gasteiger partial charge on any atom is 0.261 e. The van der Waals surface area contributed by atoms with Crippen LogP contribution in [0.4, 0.5) is 0 Å². The van der Waals surface area contributed by atoms with Crippen molar-refractivity contribution in [3.05, 3.63) is 73.3 Å². The Morgan fingerprint density at radius 1 is 1.11 bits per heavy atom. The van der Waals surface area contributed by atoms with Gasteiger partial charge in [0.25, 0.3) is 8.32 Å². The molecule has 0 unspecified atom stereocenters. The highest BCUT2D eigenvalue weighted by Crippen LogP contribution is 2.39.